The second-order valence-corrected chi connectivity index (χ2v) is 4.04. The third-order valence-electron chi connectivity index (χ3n) is 2.36. The van der Waals surface area contributed by atoms with Gasteiger partial charge in [-0.05, 0) is 38.5 Å². The van der Waals surface area contributed by atoms with Crippen LogP contribution in [-0.2, 0) is 5.60 Å². The maximum absolute atomic E-state index is 9.79. The lowest BCUT2D eigenvalue weighted by atomic mass is 9.97. The first kappa shape index (κ1) is 9.21. The minimum Gasteiger partial charge on any atom is -0.386 e. The number of nitrogens with zero attached hydrogens (tertiary/aromatic N) is 1. The number of rotatable bonds is 1. The Morgan fingerprint density at radius 3 is 2.71 bits per heavy atom. The van der Waals surface area contributed by atoms with Crippen molar-refractivity contribution < 1.29 is 9.63 Å². The smallest absolute Gasteiger partial charge is 0.167 e. The highest BCUT2D eigenvalue weighted by molar-refractivity contribution is 5.79. The van der Waals surface area contributed by atoms with Gasteiger partial charge in [0.25, 0.3) is 0 Å². The lowest BCUT2D eigenvalue weighted by molar-refractivity contribution is 0.0786. The molecule has 0 radical (unpaired) electrons. The van der Waals surface area contributed by atoms with E-state index in [4.69, 9.17) is 4.52 Å². The van der Waals surface area contributed by atoms with E-state index in [-0.39, 0.29) is 0 Å². The van der Waals surface area contributed by atoms with Crippen molar-refractivity contribution >= 4 is 11.0 Å². The van der Waals surface area contributed by atoms with E-state index in [0.717, 1.165) is 22.2 Å². The summed E-state index contributed by atoms with van der Waals surface area (Å²) >= 11 is 0. The molecule has 0 aliphatic carbocycles. The highest BCUT2D eigenvalue weighted by atomic mass is 16.5. The Labute approximate surface area is 82.3 Å². The van der Waals surface area contributed by atoms with Crippen LogP contribution < -0.4 is 0 Å². The normalized spacial score (nSPS) is 12.3. The Balaban J connectivity index is 2.63. The van der Waals surface area contributed by atoms with E-state index in [2.05, 4.69) is 5.16 Å². The molecule has 3 nitrogen and oxygen atoms in total. The minimum absolute atomic E-state index is 0.724. The molecule has 0 fully saturated rings. The number of hydrogen-bond acceptors (Lipinski definition) is 3. The molecule has 14 heavy (non-hydrogen) atoms. The van der Waals surface area contributed by atoms with Gasteiger partial charge in [-0.3, -0.25) is 0 Å². The summed E-state index contributed by atoms with van der Waals surface area (Å²) in [6, 6.07) is 5.65. The predicted octanol–water partition coefficient (Wildman–Crippen LogP) is 2.36. The van der Waals surface area contributed by atoms with Crippen LogP contribution in [0.2, 0.25) is 0 Å². The van der Waals surface area contributed by atoms with Gasteiger partial charge in [-0.1, -0.05) is 11.2 Å². The number of aromatic nitrogens is 1. The first-order valence-electron chi connectivity index (χ1n) is 4.57. The van der Waals surface area contributed by atoms with Crippen molar-refractivity contribution in [2.24, 2.45) is 0 Å². The summed E-state index contributed by atoms with van der Waals surface area (Å²) in [4.78, 5) is 0. The first-order chi connectivity index (χ1) is 6.48. The molecule has 1 heterocycles. The van der Waals surface area contributed by atoms with Crippen molar-refractivity contribution in [3.8, 4) is 0 Å². The Morgan fingerprint density at radius 2 is 2.07 bits per heavy atom. The fourth-order valence-corrected chi connectivity index (χ4v) is 1.44. The summed E-state index contributed by atoms with van der Waals surface area (Å²) < 4.78 is 5.12. The van der Waals surface area contributed by atoms with Crippen molar-refractivity contribution in [1.82, 2.24) is 5.16 Å². The van der Waals surface area contributed by atoms with Crippen LogP contribution >= 0.6 is 0 Å². The van der Waals surface area contributed by atoms with Crippen LogP contribution in [0.3, 0.4) is 0 Å². The van der Waals surface area contributed by atoms with Crippen molar-refractivity contribution in [3.63, 3.8) is 0 Å². The van der Waals surface area contributed by atoms with Crippen LogP contribution in [0.5, 0.6) is 0 Å². The molecule has 0 amide bonds. The molecule has 2 aromatic rings. The van der Waals surface area contributed by atoms with Gasteiger partial charge in [-0.2, -0.15) is 0 Å². The molecule has 0 aliphatic heterocycles. The first-order valence-corrected chi connectivity index (χ1v) is 4.57. The fraction of sp³-hybridized carbons (Fsp3) is 0.364. The molecule has 0 aliphatic rings. The second-order valence-electron chi connectivity index (χ2n) is 4.04. The van der Waals surface area contributed by atoms with Gasteiger partial charge in [0.1, 0.15) is 0 Å². The lowest BCUT2D eigenvalue weighted by Crippen LogP contribution is -2.14. The Bertz CT molecular complexity index is 466. The largest absolute Gasteiger partial charge is 0.386 e. The van der Waals surface area contributed by atoms with Crippen molar-refractivity contribution in [1.29, 1.82) is 0 Å². The van der Waals surface area contributed by atoms with Crippen LogP contribution in [-0.4, -0.2) is 10.3 Å². The van der Waals surface area contributed by atoms with E-state index >= 15 is 0 Å². The molecule has 1 aromatic carbocycles. The average molecular weight is 191 g/mol. The molecule has 0 atom stereocenters. The zero-order valence-corrected chi connectivity index (χ0v) is 8.53. The van der Waals surface area contributed by atoms with Gasteiger partial charge >= 0.3 is 0 Å². The molecule has 2 rings (SSSR count). The predicted molar refractivity (Wildman–Crippen MR) is 54.0 cm³/mol. The molecule has 1 N–H and O–H groups in total. The molecule has 0 spiro atoms. The number of hydrogen-bond donors (Lipinski definition) is 1. The van der Waals surface area contributed by atoms with Gasteiger partial charge in [0.05, 0.1) is 11.3 Å². The molecule has 3 heteroatoms. The number of fused-ring (bicyclic) bond motifs is 1. The topological polar surface area (TPSA) is 46.3 Å². The van der Waals surface area contributed by atoms with E-state index < -0.39 is 5.60 Å². The molecule has 74 valence electrons. The van der Waals surface area contributed by atoms with Crippen LogP contribution in [0.25, 0.3) is 11.0 Å². The Hall–Kier alpha value is -1.35. The molecule has 0 bridgehead atoms. The monoisotopic (exact) mass is 191 g/mol. The summed E-state index contributed by atoms with van der Waals surface area (Å²) in [6.07, 6.45) is 0. The van der Waals surface area contributed by atoms with Crippen molar-refractivity contribution in [2.75, 3.05) is 0 Å². The lowest BCUT2D eigenvalue weighted by Gasteiger charge is -2.16. The van der Waals surface area contributed by atoms with E-state index in [9.17, 15) is 5.11 Å². The molecular weight excluding hydrogens is 178 g/mol. The molecule has 0 saturated heterocycles. The van der Waals surface area contributed by atoms with E-state index in [1.807, 2.05) is 25.1 Å². The van der Waals surface area contributed by atoms with Crippen LogP contribution in [0, 0.1) is 6.92 Å². The molecule has 1 aromatic heterocycles. The van der Waals surface area contributed by atoms with Gasteiger partial charge < -0.3 is 9.63 Å². The maximum Gasteiger partial charge on any atom is 0.167 e. The summed E-state index contributed by atoms with van der Waals surface area (Å²) in [5.74, 6) is 0. The van der Waals surface area contributed by atoms with Gasteiger partial charge in [-0.15, -0.1) is 0 Å². The average Bonchev–Trinajstić information content (AvgIpc) is 2.46. The summed E-state index contributed by atoms with van der Waals surface area (Å²) in [6.45, 7) is 5.39. The van der Waals surface area contributed by atoms with E-state index in [1.165, 1.54) is 0 Å². The van der Waals surface area contributed by atoms with Crippen LogP contribution in [0.4, 0.5) is 0 Å². The summed E-state index contributed by atoms with van der Waals surface area (Å²) in [7, 11) is 0. The minimum atomic E-state index is -0.838. The molecular formula is C11H13NO2. The molecule has 0 unspecified atom stereocenters. The van der Waals surface area contributed by atoms with Gasteiger partial charge in [0, 0.05) is 5.39 Å². The number of aliphatic hydroxyl groups is 1. The van der Waals surface area contributed by atoms with Gasteiger partial charge in [0.15, 0.2) is 5.58 Å². The SMILES string of the molecule is Cc1noc2cc(C(C)(C)O)ccc12. The summed E-state index contributed by atoms with van der Waals surface area (Å²) in [5.41, 5.74) is 1.60. The zero-order chi connectivity index (χ0) is 10.3. The highest BCUT2D eigenvalue weighted by Gasteiger charge is 2.17. The van der Waals surface area contributed by atoms with Crippen LogP contribution in [0.15, 0.2) is 22.7 Å². The van der Waals surface area contributed by atoms with Crippen molar-refractivity contribution in [2.45, 2.75) is 26.4 Å². The Morgan fingerprint density at radius 1 is 1.36 bits per heavy atom. The summed E-state index contributed by atoms with van der Waals surface area (Å²) in [5, 5.41) is 14.7. The van der Waals surface area contributed by atoms with E-state index in [0.29, 0.717) is 0 Å². The maximum atomic E-state index is 9.79. The zero-order valence-electron chi connectivity index (χ0n) is 8.53. The molecule has 0 saturated carbocycles. The third kappa shape index (κ3) is 1.40. The second kappa shape index (κ2) is 2.82. The van der Waals surface area contributed by atoms with Gasteiger partial charge in [0.2, 0.25) is 0 Å². The van der Waals surface area contributed by atoms with Crippen LogP contribution in [0.1, 0.15) is 25.1 Å². The number of benzene rings is 1. The van der Waals surface area contributed by atoms with E-state index in [1.54, 1.807) is 13.8 Å². The van der Waals surface area contributed by atoms with Crippen molar-refractivity contribution in [3.05, 3.63) is 29.5 Å². The van der Waals surface area contributed by atoms with Gasteiger partial charge in [-0.25, -0.2) is 0 Å². The standard InChI is InChI=1S/C11H13NO2/c1-7-9-5-4-8(11(2,3)13)6-10(9)14-12-7/h4-6,13H,1-3H3. The number of aryl methyl sites for hydroxylation is 1. The highest BCUT2D eigenvalue weighted by Crippen LogP contribution is 2.25. The Kier molecular flexibility index (Phi) is 1.86. The fourth-order valence-electron chi connectivity index (χ4n) is 1.44. The third-order valence-corrected chi connectivity index (χ3v) is 2.36. The quantitative estimate of drug-likeness (QED) is 0.752.